The third-order valence-corrected chi connectivity index (χ3v) is 7.06. The van der Waals surface area contributed by atoms with Gasteiger partial charge in [-0.3, -0.25) is 14.5 Å². The lowest BCUT2D eigenvalue weighted by Gasteiger charge is -2.35. The van der Waals surface area contributed by atoms with E-state index in [1.807, 2.05) is 35.2 Å². The molecule has 0 unspecified atom stereocenters. The number of benzene rings is 3. The number of nitrogens with zero attached hydrogens (tertiary/aromatic N) is 4. The summed E-state index contributed by atoms with van der Waals surface area (Å²) in [6.45, 7) is 2.88. The van der Waals surface area contributed by atoms with Crippen LogP contribution in [-0.2, 0) is 11.3 Å². The fraction of sp³-hybridized carbons (Fsp3) is 0.156. The minimum Gasteiger partial charge on any atom is -0.449 e. The highest BCUT2D eigenvalue weighted by atomic mass is 19.1. The van der Waals surface area contributed by atoms with Crippen molar-refractivity contribution in [3.8, 4) is 5.75 Å². The molecular weight excluding hydrogens is 507 g/mol. The fourth-order valence-electron chi connectivity index (χ4n) is 4.97. The van der Waals surface area contributed by atoms with Gasteiger partial charge >= 0.3 is 0 Å². The minimum atomic E-state index is -0.355. The van der Waals surface area contributed by atoms with Gasteiger partial charge in [0.15, 0.2) is 11.5 Å². The van der Waals surface area contributed by atoms with Crippen molar-refractivity contribution < 1.29 is 18.7 Å². The first-order chi connectivity index (χ1) is 19.5. The Kier molecular flexibility index (Phi) is 6.97. The summed E-state index contributed by atoms with van der Waals surface area (Å²) in [5, 5.41) is 0. The van der Waals surface area contributed by atoms with E-state index >= 15 is 0 Å². The van der Waals surface area contributed by atoms with E-state index in [4.69, 9.17) is 4.74 Å². The number of halogens is 1. The first-order valence-corrected chi connectivity index (χ1v) is 13.2. The summed E-state index contributed by atoms with van der Waals surface area (Å²) in [5.74, 6) is 0.908. The Hall–Kier alpha value is -4.98. The highest BCUT2D eigenvalue weighted by Gasteiger charge is 2.30. The van der Waals surface area contributed by atoms with Gasteiger partial charge < -0.3 is 14.5 Å². The molecule has 0 saturated carbocycles. The SMILES string of the molecule is O=C(c1ccc(/C=C2\Oc3ccccc3N(Cc3cccc(F)c3)C2=O)cc1)N1CCN(c2ccccn2)CC1. The third-order valence-electron chi connectivity index (χ3n) is 7.06. The van der Waals surface area contributed by atoms with Crippen LogP contribution in [0.25, 0.3) is 6.08 Å². The second-order valence-electron chi connectivity index (χ2n) is 9.69. The highest BCUT2D eigenvalue weighted by Crippen LogP contribution is 2.36. The average Bonchev–Trinajstić information content (AvgIpc) is 3.00. The summed E-state index contributed by atoms with van der Waals surface area (Å²) in [6, 6.07) is 26.4. The van der Waals surface area contributed by atoms with E-state index in [0.717, 1.165) is 24.5 Å². The molecule has 0 atom stereocenters. The molecule has 2 aliphatic heterocycles. The maximum absolute atomic E-state index is 13.8. The number of hydrogen-bond acceptors (Lipinski definition) is 5. The lowest BCUT2D eigenvalue weighted by molar-refractivity contribution is -0.117. The second kappa shape index (κ2) is 11.0. The molecule has 0 radical (unpaired) electrons. The van der Waals surface area contributed by atoms with Crippen molar-refractivity contribution in [3.05, 3.63) is 125 Å². The van der Waals surface area contributed by atoms with Gasteiger partial charge in [-0.25, -0.2) is 9.37 Å². The number of amides is 2. The Morgan fingerprint density at radius 2 is 1.68 bits per heavy atom. The van der Waals surface area contributed by atoms with Gasteiger partial charge in [0.25, 0.3) is 11.8 Å². The molecule has 200 valence electrons. The van der Waals surface area contributed by atoms with Gasteiger partial charge in [0.2, 0.25) is 0 Å². The first kappa shape index (κ1) is 25.3. The molecule has 8 heteroatoms. The van der Waals surface area contributed by atoms with E-state index in [1.54, 1.807) is 65.7 Å². The third kappa shape index (κ3) is 5.29. The van der Waals surface area contributed by atoms with Crippen LogP contribution in [0.15, 0.2) is 103 Å². The number of anilines is 2. The molecule has 3 aromatic carbocycles. The number of pyridine rings is 1. The van der Waals surface area contributed by atoms with Crippen LogP contribution in [0.2, 0.25) is 0 Å². The zero-order chi connectivity index (χ0) is 27.5. The van der Waals surface area contributed by atoms with E-state index in [9.17, 15) is 14.0 Å². The largest absolute Gasteiger partial charge is 0.449 e. The molecule has 0 spiro atoms. The van der Waals surface area contributed by atoms with Crippen LogP contribution < -0.4 is 14.5 Å². The van der Waals surface area contributed by atoms with E-state index in [2.05, 4.69) is 9.88 Å². The molecular formula is C32H27FN4O3. The van der Waals surface area contributed by atoms with Gasteiger partial charge in [0.1, 0.15) is 11.6 Å². The number of hydrogen-bond donors (Lipinski definition) is 0. The van der Waals surface area contributed by atoms with Crippen LogP contribution in [0.3, 0.4) is 0 Å². The molecule has 0 aliphatic carbocycles. The smallest absolute Gasteiger partial charge is 0.294 e. The molecule has 2 aliphatic rings. The number of piperazine rings is 1. The molecule has 40 heavy (non-hydrogen) atoms. The minimum absolute atomic E-state index is 0.0277. The van der Waals surface area contributed by atoms with Gasteiger partial charge in [0.05, 0.1) is 12.2 Å². The molecule has 0 bridgehead atoms. The van der Waals surface area contributed by atoms with Crippen LogP contribution in [-0.4, -0.2) is 47.9 Å². The summed E-state index contributed by atoms with van der Waals surface area (Å²) < 4.78 is 19.8. The lowest BCUT2D eigenvalue weighted by Crippen LogP contribution is -2.49. The summed E-state index contributed by atoms with van der Waals surface area (Å²) >= 11 is 0. The predicted molar refractivity (Wildman–Crippen MR) is 151 cm³/mol. The van der Waals surface area contributed by atoms with E-state index < -0.39 is 0 Å². The van der Waals surface area contributed by atoms with Gasteiger partial charge in [-0.1, -0.05) is 42.5 Å². The second-order valence-corrected chi connectivity index (χ2v) is 9.69. The molecule has 1 fully saturated rings. The molecule has 2 amide bonds. The zero-order valence-corrected chi connectivity index (χ0v) is 21.7. The van der Waals surface area contributed by atoms with E-state index in [0.29, 0.717) is 35.7 Å². The number of ether oxygens (including phenoxy) is 1. The number of para-hydroxylation sites is 2. The Labute approximate surface area is 231 Å². The van der Waals surface area contributed by atoms with E-state index in [-0.39, 0.29) is 29.9 Å². The summed E-state index contributed by atoms with van der Waals surface area (Å²) in [5.41, 5.74) is 2.61. The van der Waals surface area contributed by atoms with Gasteiger partial charge in [-0.05, 0) is 65.7 Å². The topological polar surface area (TPSA) is 66.0 Å². The maximum Gasteiger partial charge on any atom is 0.294 e. The lowest BCUT2D eigenvalue weighted by atomic mass is 10.1. The number of rotatable bonds is 5. The normalized spacial score (nSPS) is 16.1. The van der Waals surface area contributed by atoms with Crippen LogP contribution >= 0.6 is 0 Å². The van der Waals surface area contributed by atoms with Gasteiger partial charge in [0, 0.05) is 37.9 Å². The molecule has 3 heterocycles. The zero-order valence-electron chi connectivity index (χ0n) is 21.7. The van der Waals surface area contributed by atoms with Crippen LogP contribution in [0.5, 0.6) is 5.75 Å². The molecule has 1 saturated heterocycles. The number of carbonyl (C=O) groups is 2. The first-order valence-electron chi connectivity index (χ1n) is 13.2. The Morgan fingerprint density at radius 3 is 2.42 bits per heavy atom. The van der Waals surface area contributed by atoms with E-state index in [1.165, 1.54) is 12.1 Å². The Morgan fingerprint density at radius 1 is 0.900 bits per heavy atom. The van der Waals surface area contributed by atoms with Crippen molar-refractivity contribution in [1.29, 1.82) is 0 Å². The van der Waals surface area contributed by atoms with Crippen LogP contribution in [0, 0.1) is 5.82 Å². The highest BCUT2D eigenvalue weighted by molar-refractivity contribution is 6.09. The molecule has 1 aromatic heterocycles. The van der Waals surface area contributed by atoms with Crippen molar-refractivity contribution in [1.82, 2.24) is 9.88 Å². The average molecular weight is 535 g/mol. The Bertz CT molecular complexity index is 1560. The molecule has 6 rings (SSSR count). The van der Waals surface area contributed by atoms with Crippen molar-refractivity contribution >= 4 is 29.4 Å². The summed E-state index contributed by atoms with van der Waals surface area (Å²) in [7, 11) is 0. The molecule has 4 aromatic rings. The fourth-order valence-corrected chi connectivity index (χ4v) is 4.97. The molecule has 7 nitrogen and oxygen atoms in total. The monoisotopic (exact) mass is 534 g/mol. The number of fused-ring (bicyclic) bond motifs is 1. The van der Waals surface area contributed by atoms with Crippen molar-refractivity contribution in [3.63, 3.8) is 0 Å². The van der Waals surface area contributed by atoms with Crippen LogP contribution in [0.4, 0.5) is 15.9 Å². The van der Waals surface area contributed by atoms with Gasteiger partial charge in [-0.15, -0.1) is 0 Å². The van der Waals surface area contributed by atoms with Crippen molar-refractivity contribution in [2.45, 2.75) is 6.54 Å². The number of carbonyl (C=O) groups excluding carboxylic acids is 2. The maximum atomic E-state index is 13.8. The predicted octanol–water partition coefficient (Wildman–Crippen LogP) is 5.15. The molecule has 0 N–H and O–H groups in total. The quantitative estimate of drug-likeness (QED) is 0.332. The number of aromatic nitrogens is 1. The van der Waals surface area contributed by atoms with Crippen LogP contribution in [0.1, 0.15) is 21.5 Å². The van der Waals surface area contributed by atoms with Crippen molar-refractivity contribution in [2.75, 3.05) is 36.0 Å². The standard InChI is InChI=1S/C32H27FN4O3/c33-26-7-5-6-24(20-26)22-37-27-8-1-2-9-28(27)40-29(32(37)39)21-23-11-13-25(14-12-23)31(38)36-18-16-35(17-19-36)30-10-3-4-15-34-30/h1-15,20-21H,16-19,22H2/b29-21-. The summed E-state index contributed by atoms with van der Waals surface area (Å²) in [6.07, 6.45) is 3.44. The van der Waals surface area contributed by atoms with Crippen molar-refractivity contribution in [2.24, 2.45) is 0 Å². The Balaban J connectivity index is 1.17. The summed E-state index contributed by atoms with van der Waals surface area (Å²) in [4.78, 5) is 36.6. The van der Waals surface area contributed by atoms with Gasteiger partial charge in [-0.2, -0.15) is 0 Å².